The molecule has 1 aliphatic carbocycles. The Kier molecular flexibility index (Phi) is 4.90. The number of hydrogen-bond donors (Lipinski definition) is 2. The van der Waals surface area contributed by atoms with Crippen molar-refractivity contribution >= 4 is 10.0 Å². The van der Waals surface area contributed by atoms with Gasteiger partial charge in [-0.2, -0.15) is 0 Å². The van der Waals surface area contributed by atoms with Gasteiger partial charge in [-0.25, -0.2) is 26.3 Å². The number of benzene rings is 1. The zero-order chi connectivity index (χ0) is 15.6. The number of halogens is 3. The first kappa shape index (κ1) is 16.3. The van der Waals surface area contributed by atoms with Crippen LogP contribution in [0.15, 0.2) is 17.0 Å². The number of hydrogen-bond acceptors (Lipinski definition) is 3. The van der Waals surface area contributed by atoms with E-state index in [1.165, 1.54) is 0 Å². The van der Waals surface area contributed by atoms with E-state index in [1.54, 1.807) is 0 Å². The van der Waals surface area contributed by atoms with Crippen LogP contribution in [0.4, 0.5) is 13.2 Å². The fourth-order valence-corrected chi connectivity index (χ4v) is 3.76. The number of sulfonamides is 1. The average molecular weight is 323 g/mol. The summed E-state index contributed by atoms with van der Waals surface area (Å²) >= 11 is 0. The van der Waals surface area contributed by atoms with Crippen molar-refractivity contribution in [3.05, 3.63) is 29.6 Å². The van der Waals surface area contributed by atoms with E-state index in [0.29, 0.717) is 25.0 Å². The summed E-state index contributed by atoms with van der Waals surface area (Å²) in [6.07, 6.45) is 2.13. The molecule has 0 spiro atoms. The first-order valence-electron chi connectivity index (χ1n) is 6.62. The third-order valence-corrected chi connectivity index (χ3v) is 5.02. The summed E-state index contributed by atoms with van der Waals surface area (Å²) in [5.41, 5.74) is 0. The van der Waals surface area contributed by atoms with E-state index in [1.807, 2.05) is 0 Å². The molecule has 8 heteroatoms. The third kappa shape index (κ3) is 3.96. The van der Waals surface area contributed by atoms with Crippen LogP contribution < -0.4 is 4.72 Å². The summed E-state index contributed by atoms with van der Waals surface area (Å²) in [5.74, 6) is -4.21. The summed E-state index contributed by atoms with van der Waals surface area (Å²) in [6.45, 7) is -0.0182. The van der Waals surface area contributed by atoms with Gasteiger partial charge in [-0.15, -0.1) is 0 Å². The molecule has 0 saturated heterocycles. The molecule has 0 bridgehead atoms. The van der Waals surface area contributed by atoms with Crippen molar-refractivity contribution < 1.29 is 26.7 Å². The van der Waals surface area contributed by atoms with Crippen molar-refractivity contribution in [2.75, 3.05) is 6.54 Å². The van der Waals surface area contributed by atoms with E-state index < -0.39 is 38.5 Å². The van der Waals surface area contributed by atoms with Crippen molar-refractivity contribution in [2.24, 2.45) is 5.92 Å². The van der Waals surface area contributed by atoms with Crippen molar-refractivity contribution in [2.45, 2.75) is 36.7 Å². The first-order chi connectivity index (χ1) is 9.79. The third-order valence-electron chi connectivity index (χ3n) is 3.55. The molecule has 2 rings (SSSR count). The van der Waals surface area contributed by atoms with Crippen LogP contribution >= 0.6 is 0 Å². The van der Waals surface area contributed by atoms with Gasteiger partial charge in [0, 0.05) is 18.7 Å². The second kappa shape index (κ2) is 6.33. The molecule has 0 aromatic heterocycles. The molecule has 0 radical (unpaired) electrons. The smallest absolute Gasteiger partial charge is 0.246 e. The highest BCUT2D eigenvalue weighted by Crippen LogP contribution is 2.25. The molecular weight excluding hydrogens is 307 g/mol. The van der Waals surface area contributed by atoms with Crippen molar-refractivity contribution in [1.82, 2.24) is 4.72 Å². The fourth-order valence-electron chi connectivity index (χ4n) is 2.53. The molecule has 2 atom stereocenters. The molecule has 1 aromatic carbocycles. The Morgan fingerprint density at radius 3 is 2.38 bits per heavy atom. The molecule has 0 amide bonds. The van der Waals surface area contributed by atoms with E-state index in [-0.39, 0.29) is 12.5 Å². The Morgan fingerprint density at radius 1 is 1.19 bits per heavy atom. The molecule has 1 aromatic rings. The maximum Gasteiger partial charge on any atom is 0.246 e. The minimum Gasteiger partial charge on any atom is -0.393 e. The Bertz CT molecular complexity index is 598. The predicted molar refractivity (Wildman–Crippen MR) is 69.5 cm³/mol. The minimum absolute atomic E-state index is 0.0182. The lowest BCUT2D eigenvalue weighted by atomic mass is 9.87. The number of nitrogens with one attached hydrogen (secondary N) is 1. The van der Waals surface area contributed by atoms with Crippen LogP contribution in [0.25, 0.3) is 0 Å². The van der Waals surface area contributed by atoms with Crippen molar-refractivity contribution in [3.8, 4) is 0 Å². The molecule has 4 nitrogen and oxygen atoms in total. The van der Waals surface area contributed by atoms with E-state index in [4.69, 9.17) is 0 Å². The van der Waals surface area contributed by atoms with Gasteiger partial charge in [0.25, 0.3) is 0 Å². The maximum atomic E-state index is 13.5. The van der Waals surface area contributed by atoms with Crippen LogP contribution in [0, 0.1) is 23.4 Å². The second-order valence-corrected chi connectivity index (χ2v) is 6.94. The summed E-state index contributed by atoms with van der Waals surface area (Å²) in [4.78, 5) is -1.18. The van der Waals surface area contributed by atoms with Gasteiger partial charge in [-0.05, 0) is 25.2 Å². The lowest BCUT2D eigenvalue weighted by molar-refractivity contribution is 0.102. The maximum absolute atomic E-state index is 13.5. The fraction of sp³-hybridized carbons (Fsp3) is 0.538. The Hall–Kier alpha value is -1.12. The van der Waals surface area contributed by atoms with E-state index in [2.05, 4.69) is 4.72 Å². The molecule has 1 saturated carbocycles. The zero-order valence-corrected chi connectivity index (χ0v) is 12.0. The van der Waals surface area contributed by atoms with Crippen LogP contribution in [0.5, 0.6) is 0 Å². The highest BCUT2D eigenvalue weighted by atomic mass is 32.2. The highest BCUT2D eigenvalue weighted by Gasteiger charge is 2.27. The second-order valence-electron chi connectivity index (χ2n) is 5.24. The van der Waals surface area contributed by atoms with Gasteiger partial charge in [0.1, 0.15) is 17.5 Å². The molecule has 0 aliphatic heterocycles. The Labute approximate surface area is 121 Å². The highest BCUT2D eigenvalue weighted by molar-refractivity contribution is 7.89. The number of rotatable bonds is 4. The van der Waals surface area contributed by atoms with Gasteiger partial charge in [0.05, 0.1) is 6.10 Å². The lowest BCUT2D eigenvalue weighted by Gasteiger charge is -2.25. The molecular formula is C13H16F3NO3S. The topological polar surface area (TPSA) is 66.4 Å². The molecule has 0 heterocycles. The van der Waals surface area contributed by atoms with E-state index in [0.717, 1.165) is 12.8 Å². The van der Waals surface area contributed by atoms with Gasteiger partial charge in [-0.1, -0.05) is 6.42 Å². The summed E-state index contributed by atoms with van der Waals surface area (Å²) in [6, 6.07) is 0.643. The SMILES string of the molecule is O=S(=O)(NCC1CCCC(O)C1)c1c(F)cc(F)cc1F. The van der Waals surface area contributed by atoms with Gasteiger partial charge in [0.15, 0.2) is 4.90 Å². The van der Waals surface area contributed by atoms with Gasteiger partial charge in [0.2, 0.25) is 10.0 Å². The van der Waals surface area contributed by atoms with Crippen LogP contribution in [-0.2, 0) is 10.0 Å². The zero-order valence-electron chi connectivity index (χ0n) is 11.2. The average Bonchev–Trinajstić information content (AvgIpc) is 2.35. The van der Waals surface area contributed by atoms with Crippen LogP contribution in [0.2, 0.25) is 0 Å². The Morgan fingerprint density at radius 2 is 1.81 bits per heavy atom. The van der Waals surface area contributed by atoms with Crippen LogP contribution in [-0.4, -0.2) is 26.2 Å². The first-order valence-corrected chi connectivity index (χ1v) is 8.10. The summed E-state index contributed by atoms with van der Waals surface area (Å²) in [5, 5.41) is 9.51. The molecule has 2 unspecified atom stereocenters. The number of aliphatic hydroxyl groups is 1. The molecule has 1 aliphatic rings. The van der Waals surface area contributed by atoms with Crippen molar-refractivity contribution in [1.29, 1.82) is 0 Å². The van der Waals surface area contributed by atoms with Crippen molar-refractivity contribution in [3.63, 3.8) is 0 Å². The van der Waals surface area contributed by atoms with Gasteiger partial charge in [-0.3, -0.25) is 0 Å². The quantitative estimate of drug-likeness (QED) is 0.890. The van der Waals surface area contributed by atoms with Gasteiger partial charge < -0.3 is 5.11 Å². The molecule has 21 heavy (non-hydrogen) atoms. The standard InChI is InChI=1S/C13H16F3NO3S/c14-9-5-11(15)13(12(16)6-9)21(19,20)17-7-8-2-1-3-10(18)4-8/h5-6,8,10,17-18H,1-4,7H2. The Balaban J connectivity index is 2.12. The largest absolute Gasteiger partial charge is 0.393 e. The monoisotopic (exact) mass is 323 g/mol. The molecule has 2 N–H and O–H groups in total. The van der Waals surface area contributed by atoms with E-state index >= 15 is 0 Å². The molecule has 1 fully saturated rings. The van der Waals surface area contributed by atoms with E-state index in [9.17, 15) is 26.7 Å². The molecule has 118 valence electrons. The van der Waals surface area contributed by atoms with Crippen LogP contribution in [0.1, 0.15) is 25.7 Å². The normalized spacial score (nSPS) is 23.2. The lowest BCUT2D eigenvalue weighted by Crippen LogP contribution is -2.33. The van der Waals surface area contributed by atoms with Gasteiger partial charge >= 0.3 is 0 Å². The van der Waals surface area contributed by atoms with Crippen LogP contribution in [0.3, 0.4) is 0 Å². The summed E-state index contributed by atoms with van der Waals surface area (Å²) < 4.78 is 65.8. The summed E-state index contributed by atoms with van der Waals surface area (Å²) in [7, 11) is -4.40. The number of aliphatic hydroxyl groups excluding tert-OH is 1. The minimum atomic E-state index is -4.40. The predicted octanol–water partition coefficient (Wildman–Crippen LogP) is 1.93.